The molecule has 0 unspecified atom stereocenters. The van der Waals surface area contributed by atoms with Crippen molar-refractivity contribution in [3.05, 3.63) is 77.9 Å². The van der Waals surface area contributed by atoms with Gasteiger partial charge in [0.15, 0.2) is 11.5 Å². The van der Waals surface area contributed by atoms with E-state index in [9.17, 15) is 18.0 Å². The van der Waals surface area contributed by atoms with E-state index in [1.807, 2.05) is 18.2 Å². The van der Waals surface area contributed by atoms with Crippen molar-refractivity contribution in [1.82, 2.24) is 9.62 Å². The third kappa shape index (κ3) is 7.17. The minimum Gasteiger partial charge on any atom is -0.497 e. The highest BCUT2D eigenvalue weighted by molar-refractivity contribution is 7.89. The van der Waals surface area contributed by atoms with Crippen LogP contribution in [0.1, 0.15) is 28.8 Å². The van der Waals surface area contributed by atoms with Crippen LogP contribution in [0.15, 0.2) is 71.6 Å². The molecule has 0 radical (unpaired) electrons. The van der Waals surface area contributed by atoms with Crippen LogP contribution >= 0.6 is 0 Å². The zero-order chi connectivity index (χ0) is 29.4. The van der Waals surface area contributed by atoms with Crippen molar-refractivity contribution in [3.63, 3.8) is 0 Å². The largest absolute Gasteiger partial charge is 0.497 e. The number of benzene rings is 3. The Bertz CT molecular complexity index is 1480. The van der Waals surface area contributed by atoms with E-state index in [1.165, 1.54) is 23.5 Å². The lowest BCUT2D eigenvalue weighted by atomic mass is 9.98. The van der Waals surface area contributed by atoms with Gasteiger partial charge in [0, 0.05) is 19.6 Å². The van der Waals surface area contributed by atoms with E-state index in [2.05, 4.69) is 10.6 Å². The van der Waals surface area contributed by atoms with Crippen molar-refractivity contribution in [2.24, 2.45) is 5.92 Å². The molecule has 10 nitrogen and oxygen atoms in total. The first-order valence-corrected chi connectivity index (χ1v) is 14.7. The Morgan fingerprint density at radius 1 is 0.927 bits per heavy atom. The zero-order valence-corrected chi connectivity index (χ0v) is 24.2. The van der Waals surface area contributed by atoms with Gasteiger partial charge in [0.05, 0.1) is 43.4 Å². The maximum atomic E-state index is 13.2. The van der Waals surface area contributed by atoms with Crippen LogP contribution < -0.4 is 24.8 Å². The van der Waals surface area contributed by atoms with Gasteiger partial charge in [0.1, 0.15) is 5.75 Å². The highest BCUT2D eigenvalue weighted by Gasteiger charge is 2.33. The maximum absolute atomic E-state index is 13.2. The topological polar surface area (TPSA) is 123 Å². The number of ether oxygens (including phenoxy) is 3. The number of carbonyl (C=O) groups is 2. The van der Waals surface area contributed by atoms with Crippen molar-refractivity contribution < 1.29 is 32.2 Å². The second-order valence-electron chi connectivity index (χ2n) is 9.61. The summed E-state index contributed by atoms with van der Waals surface area (Å²) < 4.78 is 43.5. The van der Waals surface area contributed by atoms with E-state index < -0.39 is 15.9 Å². The molecule has 0 aliphatic carbocycles. The molecule has 218 valence electrons. The van der Waals surface area contributed by atoms with Crippen molar-refractivity contribution in [2.75, 3.05) is 46.3 Å². The number of nitrogens with one attached hydrogen (secondary N) is 2. The molecule has 11 heteroatoms. The average molecular weight is 582 g/mol. The van der Waals surface area contributed by atoms with Crippen LogP contribution in [0.5, 0.6) is 17.2 Å². The molecule has 0 spiro atoms. The molecule has 0 aromatic heterocycles. The number of para-hydroxylation sites is 1. The summed E-state index contributed by atoms with van der Waals surface area (Å²) in [5.41, 5.74) is 1.67. The Hall–Kier alpha value is -4.09. The molecular weight excluding hydrogens is 546 g/mol. The summed E-state index contributed by atoms with van der Waals surface area (Å²) in [7, 11) is 0.883. The highest BCUT2D eigenvalue weighted by atomic mass is 32.2. The Kier molecular flexibility index (Phi) is 9.85. The lowest BCUT2D eigenvalue weighted by Gasteiger charge is -2.31. The molecule has 1 saturated heterocycles. The van der Waals surface area contributed by atoms with E-state index >= 15 is 0 Å². The Morgan fingerprint density at radius 2 is 1.66 bits per heavy atom. The molecule has 1 aliphatic heterocycles. The zero-order valence-electron chi connectivity index (χ0n) is 23.4. The van der Waals surface area contributed by atoms with E-state index in [-0.39, 0.29) is 23.3 Å². The van der Waals surface area contributed by atoms with Gasteiger partial charge in [-0.3, -0.25) is 9.59 Å². The minimum atomic E-state index is -3.77. The van der Waals surface area contributed by atoms with Crippen LogP contribution in [0.2, 0.25) is 0 Å². The fraction of sp³-hybridized carbons (Fsp3) is 0.333. The molecule has 0 saturated carbocycles. The standard InChI is InChI=1S/C30H35N3O7S/c1-38-23-11-13-24(14-12-23)41(36,37)33-18-6-7-22(20-33)29(34)32-26-9-5-4-8-25(26)30(35)31-17-16-21-10-15-27(39-2)28(19-21)40-3/h4-5,8-15,19,22H,6-7,16-18,20H2,1-3H3,(H,31,35)(H,32,34)/t22-/m0/s1. The highest BCUT2D eigenvalue weighted by Crippen LogP contribution is 2.28. The van der Waals surface area contributed by atoms with Gasteiger partial charge in [0.2, 0.25) is 15.9 Å². The van der Waals surface area contributed by atoms with Crippen molar-refractivity contribution >= 4 is 27.5 Å². The second-order valence-corrected chi connectivity index (χ2v) is 11.5. The minimum absolute atomic E-state index is 0.0554. The van der Waals surface area contributed by atoms with Crippen LogP contribution in [-0.4, -0.2) is 65.5 Å². The molecule has 1 atom stereocenters. The number of carbonyl (C=O) groups excluding carboxylic acids is 2. The van der Waals surface area contributed by atoms with Gasteiger partial charge < -0.3 is 24.8 Å². The van der Waals surface area contributed by atoms with Crippen LogP contribution in [0, 0.1) is 5.92 Å². The number of piperidine rings is 1. The first-order chi connectivity index (χ1) is 19.8. The van der Waals surface area contributed by atoms with E-state index in [1.54, 1.807) is 50.6 Å². The van der Waals surface area contributed by atoms with Gasteiger partial charge in [-0.25, -0.2) is 8.42 Å². The summed E-state index contributed by atoms with van der Waals surface area (Å²) in [5, 5.41) is 5.76. The Balaban J connectivity index is 1.38. The lowest BCUT2D eigenvalue weighted by Crippen LogP contribution is -2.43. The molecular formula is C30H35N3O7S. The molecule has 2 N–H and O–H groups in total. The summed E-state index contributed by atoms with van der Waals surface area (Å²) in [5.74, 6) is 0.590. The van der Waals surface area contributed by atoms with Gasteiger partial charge >= 0.3 is 0 Å². The number of hydrogen-bond donors (Lipinski definition) is 2. The predicted octanol–water partition coefficient (Wildman–Crippen LogP) is 3.72. The quantitative estimate of drug-likeness (QED) is 0.354. The van der Waals surface area contributed by atoms with E-state index in [4.69, 9.17) is 14.2 Å². The molecule has 0 bridgehead atoms. The molecule has 3 aromatic carbocycles. The summed E-state index contributed by atoms with van der Waals surface area (Å²) in [4.78, 5) is 26.4. The lowest BCUT2D eigenvalue weighted by molar-refractivity contribution is -0.120. The van der Waals surface area contributed by atoms with Crippen LogP contribution in [0.3, 0.4) is 0 Å². The van der Waals surface area contributed by atoms with Crippen LogP contribution in [0.25, 0.3) is 0 Å². The summed E-state index contributed by atoms with van der Waals surface area (Å²) in [6, 6.07) is 18.5. The molecule has 1 heterocycles. The Labute approximate surface area is 240 Å². The third-order valence-corrected chi connectivity index (χ3v) is 8.91. The van der Waals surface area contributed by atoms with Crippen molar-refractivity contribution in [3.8, 4) is 17.2 Å². The molecule has 2 amide bonds. The summed E-state index contributed by atoms with van der Waals surface area (Å²) in [6.07, 6.45) is 1.66. The number of sulfonamides is 1. The SMILES string of the molecule is COc1ccc(S(=O)(=O)N2CCC[C@H](C(=O)Nc3ccccc3C(=O)NCCc3ccc(OC)c(OC)c3)C2)cc1. The molecule has 3 aromatic rings. The normalized spacial score (nSPS) is 15.5. The monoisotopic (exact) mass is 581 g/mol. The number of amides is 2. The van der Waals surface area contributed by atoms with Gasteiger partial charge in [-0.15, -0.1) is 0 Å². The number of rotatable bonds is 11. The van der Waals surface area contributed by atoms with E-state index in [0.29, 0.717) is 60.9 Å². The van der Waals surface area contributed by atoms with Gasteiger partial charge in [-0.1, -0.05) is 18.2 Å². The Morgan fingerprint density at radius 3 is 2.37 bits per heavy atom. The van der Waals surface area contributed by atoms with Crippen molar-refractivity contribution in [2.45, 2.75) is 24.2 Å². The molecule has 1 fully saturated rings. The number of methoxy groups -OCH3 is 3. The smallest absolute Gasteiger partial charge is 0.253 e. The van der Waals surface area contributed by atoms with Crippen LogP contribution in [0.4, 0.5) is 5.69 Å². The first kappa shape index (κ1) is 29.9. The number of hydrogen-bond acceptors (Lipinski definition) is 7. The molecule has 4 rings (SSSR count). The van der Waals surface area contributed by atoms with Gasteiger partial charge in [-0.2, -0.15) is 4.31 Å². The second kappa shape index (κ2) is 13.5. The number of anilines is 1. The fourth-order valence-electron chi connectivity index (χ4n) is 4.75. The maximum Gasteiger partial charge on any atom is 0.253 e. The fourth-order valence-corrected chi connectivity index (χ4v) is 6.27. The van der Waals surface area contributed by atoms with Crippen molar-refractivity contribution in [1.29, 1.82) is 0 Å². The van der Waals surface area contributed by atoms with E-state index in [0.717, 1.165) is 5.56 Å². The van der Waals surface area contributed by atoms with Crippen LogP contribution in [-0.2, 0) is 21.2 Å². The summed E-state index contributed by atoms with van der Waals surface area (Å²) in [6.45, 7) is 0.758. The van der Waals surface area contributed by atoms with Gasteiger partial charge in [-0.05, 0) is 73.4 Å². The molecule has 41 heavy (non-hydrogen) atoms. The summed E-state index contributed by atoms with van der Waals surface area (Å²) >= 11 is 0. The predicted molar refractivity (Wildman–Crippen MR) is 155 cm³/mol. The number of nitrogens with zero attached hydrogens (tertiary/aromatic N) is 1. The average Bonchev–Trinajstić information content (AvgIpc) is 3.01. The third-order valence-electron chi connectivity index (χ3n) is 7.03. The van der Waals surface area contributed by atoms with Gasteiger partial charge in [0.25, 0.3) is 5.91 Å². The first-order valence-electron chi connectivity index (χ1n) is 13.3. The molecule has 1 aliphatic rings.